The lowest BCUT2D eigenvalue weighted by Gasteiger charge is -2.28. The number of carbonyl (C=O) groups excluding carboxylic acids is 2. The molecule has 0 atom stereocenters. The summed E-state index contributed by atoms with van der Waals surface area (Å²) in [7, 11) is 0. The van der Waals surface area contributed by atoms with Crippen LogP contribution in [0.3, 0.4) is 0 Å². The van der Waals surface area contributed by atoms with E-state index in [1.807, 2.05) is 9.47 Å². The first kappa shape index (κ1) is 14.8. The zero-order valence-corrected chi connectivity index (χ0v) is 13.3. The van der Waals surface area contributed by atoms with Gasteiger partial charge in [0.1, 0.15) is 0 Å². The minimum absolute atomic E-state index is 0.0251. The van der Waals surface area contributed by atoms with Crippen LogP contribution < -0.4 is 0 Å². The van der Waals surface area contributed by atoms with Gasteiger partial charge < -0.3 is 14.4 Å². The van der Waals surface area contributed by atoms with Crippen molar-refractivity contribution >= 4 is 11.8 Å². The summed E-state index contributed by atoms with van der Waals surface area (Å²) >= 11 is 0. The molecule has 1 fully saturated rings. The van der Waals surface area contributed by atoms with Crippen molar-refractivity contribution < 1.29 is 9.59 Å². The number of nitrogens with zero attached hydrogens (tertiary/aromatic N) is 6. The number of pyridine rings is 1. The van der Waals surface area contributed by atoms with Gasteiger partial charge in [-0.1, -0.05) is 0 Å². The quantitative estimate of drug-likeness (QED) is 0.818. The molecule has 2 aromatic rings. The van der Waals surface area contributed by atoms with Crippen LogP contribution in [0, 0.1) is 0 Å². The Kier molecular flexibility index (Phi) is 3.72. The third-order valence-corrected chi connectivity index (χ3v) is 4.55. The van der Waals surface area contributed by atoms with Crippen molar-refractivity contribution in [2.45, 2.75) is 32.5 Å². The summed E-state index contributed by atoms with van der Waals surface area (Å²) in [4.78, 5) is 31.8. The highest BCUT2D eigenvalue weighted by atomic mass is 16.2. The third-order valence-electron chi connectivity index (χ3n) is 4.55. The number of hydrogen-bond donors (Lipinski definition) is 0. The molecule has 2 amide bonds. The average molecular weight is 326 g/mol. The van der Waals surface area contributed by atoms with Crippen molar-refractivity contribution in [3.05, 3.63) is 41.7 Å². The second-order valence-corrected chi connectivity index (χ2v) is 6.07. The molecule has 24 heavy (non-hydrogen) atoms. The van der Waals surface area contributed by atoms with Crippen LogP contribution in [0.2, 0.25) is 0 Å². The molecule has 0 radical (unpaired) electrons. The number of likely N-dealkylation sites (tertiary alicyclic amines) is 1. The number of aromatic nitrogens is 4. The maximum Gasteiger partial charge on any atom is 0.254 e. The van der Waals surface area contributed by atoms with E-state index in [9.17, 15) is 9.59 Å². The van der Waals surface area contributed by atoms with E-state index in [0.29, 0.717) is 38.2 Å². The molecule has 8 heteroatoms. The standard InChI is InChI=1S/C16H18N6O2/c23-15-2-1-7-20(15)10-13-18-19-14-11-21(8-9-22(13)14)16(24)12-3-5-17-6-4-12/h3-6H,1-2,7-11H2. The van der Waals surface area contributed by atoms with Crippen molar-refractivity contribution in [3.63, 3.8) is 0 Å². The van der Waals surface area contributed by atoms with E-state index >= 15 is 0 Å². The monoisotopic (exact) mass is 326 g/mol. The van der Waals surface area contributed by atoms with Crippen LogP contribution in [0.1, 0.15) is 34.8 Å². The van der Waals surface area contributed by atoms with Crippen LogP contribution in [-0.4, -0.2) is 54.5 Å². The average Bonchev–Trinajstić information content (AvgIpc) is 3.21. The molecule has 4 rings (SSSR count). The van der Waals surface area contributed by atoms with Gasteiger partial charge in [0.15, 0.2) is 11.6 Å². The molecule has 2 aliphatic heterocycles. The number of hydrogen-bond acceptors (Lipinski definition) is 5. The van der Waals surface area contributed by atoms with Gasteiger partial charge in [-0.25, -0.2) is 0 Å². The summed E-state index contributed by atoms with van der Waals surface area (Å²) in [5.74, 6) is 1.72. The highest BCUT2D eigenvalue weighted by Crippen LogP contribution is 2.18. The predicted molar refractivity (Wildman–Crippen MR) is 83.7 cm³/mol. The van der Waals surface area contributed by atoms with Crippen LogP contribution >= 0.6 is 0 Å². The maximum absolute atomic E-state index is 12.5. The van der Waals surface area contributed by atoms with Crippen molar-refractivity contribution in [2.24, 2.45) is 0 Å². The topological polar surface area (TPSA) is 84.2 Å². The Balaban J connectivity index is 1.48. The number of amides is 2. The summed E-state index contributed by atoms with van der Waals surface area (Å²) in [6, 6.07) is 3.43. The first-order valence-corrected chi connectivity index (χ1v) is 8.10. The second kappa shape index (κ2) is 6.03. The molecule has 0 spiro atoms. The minimum atomic E-state index is -0.0251. The molecular weight excluding hydrogens is 308 g/mol. The smallest absolute Gasteiger partial charge is 0.254 e. The van der Waals surface area contributed by atoms with Gasteiger partial charge in [-0.2, -0.15) is 0 Å². The number of rotatable bonds is 3. The molecule has 2 aliphatic rings. The van der Waals surface area contributed by atoms with E-state index < -0.39 is 0 Å². The van der Waals surface area contributed by atoms with E-state index in [1.54, 1.807) is 29.4 Å². The molecule has 8 nitrogen and oxygen atoms in total. The lowest BCUT2D eigenvalue weighted by Crippen LogP contribution is -2.39. The molecule has 4 heterocycles. The molecule has 1 saturated heterocycles. The molecule has 0 unspecified atom stereocenters. The van der Waals surface area contributed by atoms with Gasteiger partial charge in [-0.05, 0) is 18.6 Å². The highest BCUT2D eigenvalue weighted by molar-refractivity contribution is 5.94. The molecule has 0 bridgehead atoms. The zero-order valence-electron chi connectivity index (χ0n) is 13.3. The highest BCUT2D eigenvalue weighted by Gasteiger charge is 2.27. The van der Waals surface area contributed by atoms with Crippen LogP contribution in [-0.2, 0) is 24.4 Å². The van der Waals surface area contributed by atoms with Crippen molar-refractivity contribution in [2.75, 3.05) is 13.1 Å². The fourth-order valence-corrected chi connectivity index (χ4v) is 3.23. The normalized spacial score (nSPS) is 17.2. The Morgan fingerprint density at radius 1 is 1.12 bits per heavy atom. The Morgan fingerprint density at radius 3 is 2.71 bits per heavy atom. The SMILES string of the molecule is O=C1CCCN1Cc1nnc2n1CCN(C(=O)c1ccncc1)C2. The summed E-state index contributed by atoms with van der Waals surface area (Å²) in [6.07, 6.45) is 4.76. The Morgan fingerprint density at radius 2 is 1.96 bits per heavy atom. The predicted octanol–water partition coefficient (Wildman–Crippen LogP) is 0.451. The van der Waals surface area contributed by atoms with Crippen molar-refractivity contribution in [1.29, 1.82) is 0 Å². The van der Waals surface area contributed by atoms with Gasteiger partial charge in [0, 0.05) is 44.0 Å². The molecule has 0 N–H and O–H groups in total. The van der Waals surface area contributed by atoms with Crippen LogP contribution in [0.5, 0.6) is 0 Å². The molecule has 2 aromatic heterocycles. The molecule has 124 valence electrons. The van der Waals surface area contributed by atoms with Gasteiger partial charge >= 0.3 is 0 Å². The van der Waals surface area contributed by atoms with E-state index in [-0.39, 0.29) is 11.8 Å². The Hall–Kier alpha value is -2.77. The largest absolute Gasteiger partial charge is 0.335 e. The van der Waals surface area contributed by atoms with Gasteiger partial charge in [0.25, 0.3) is 5.91 Å². The minimum Gasteiger partial charge on any atom is -0.335 e. The first-order chi connectivity index (χ1) is 11.7. The van der Waals surface area contributed by atoms with Crippen molar-refractivity contribution in [1.82, 2.24) is 29.5 Å². The van der Waals surface area contributed by atoms with Crippen molar-refractivity contribution in [3.8, 4) is 0 Å². The van der Waals surface area contributed by atoms with Gasteiger partial charge in [0.05, 0.1) is 13.1 Å². The Labute approximate surface area is 139 Å². The molecular formula is C16H18N6O2. The summed E-state index contributed by atoms with van der Waals surface area (Å²) in [5.41, 5.74) is 0.626. The van der Waals surface area contributed by atoms with Crippen LogP contribution in [0.4, 0.5) is 0 Å². The van der Waals surface area contributed by atoms with E-state index in [1.165, 1.54) is 0 Å². The number of fused-ring (bicyclic) bond motifs is 1. The van der Waals surface area contributed by atoms with Gasteiger partial charge in [-0.15, -0.1) is 10.2 Å². The Bertz CT molecular complexity index is 772. The van der Waals surface area contributed by atoms with E-state index in [4.69, 9.17) is 0 Å². The zero-order chi connectivity index (χ0) is 16.5. The summed E-state index contributed by atoms with van der Waals surface area (Å²) < 4.78 is 2.03. The van der Waals surface area contributed by atoms with Gasteiger partial charge in [0.2, 0.25) is 5.91 Å². The molecule has 0 aromatic carbocycles. The van der Waals surface area contributed by atoms with Crippen LogP contribution in [0.25, 0.3) is 0 Å². The van der Waals surface area contributed by atoms with Gasteiger partial charge in [-0.3, -0.25) is 14.6 Å². The second-order valence-electron chi connectivity index (χ2n) is 6.07. The lowest BCUT2D eigenvalue weighted by atomic mass is 10.2. The number of carbonyl (C=O) groups is 2. The maximum atomic E-state index is 12.5. The summed E-state index contributed by atoms with van der Waals surface area (Å²) in [6.45, 7) is 2.98. The third kappa shape index (κ3) is 2.64. The molecule has 0 saturated carbocycles. The molecule has 0 aliphatic carbocycles. The van der Waals surface area contributed by atoms with E-state index in [2.05, 4.69) is 15.2 Å². The first-order valence-electron chi connectivity index (χ1n) is 8.10. The fourth-order valence-electron chi connectivity index (χ4n) is 3.23. The lowest BCUT2D eigenvalue weighted by molar-refractivity contribution is -0.128. The van der Waals surface area contributed by atoms with Crippen LogP contribution in [0.15, 0.2) is 24.5 Å². The summed E-state index contributed by atoms with van der Waals surface area (Å²) in [5, 5.41) is 8.45. The fraction of sp³-hybridized carbons (Fsp3) is 0.438. The van der Waals surface area contributed by atoms with E-state index in [0.717, 1.165) is 24.6 Å².